The Morgan fingerprint density at radius 1 is 1.20 bits per heavy atom. The van der Waals surface area contributed by atoms with Crippen molar-refractivity contribution in [2.45, 2.75) is 12.6 Å². The number of anilines is 1. The van der Waals surface area contributed by atoms with E-state index in [4.69, 9.17) is 0 Å². The highest BCUT2D eigenvalue weighted by molar-refractivity contribution is 7.14. The first-order chi connectivity index (χ1) is 14.2. The molecule has 0 radical (unpaired) electrons. The summed E-state index contributed by atoms with van der Waals surface area (Å²) in [4.78, 5) is 16.5. The summed E-state index contributed by atoms with van der Waals surface area (Å²) < 4.78 is 39.6. The summed E-state index contributed by atoms with van der Waals surface area (Å²) in [6, 6.07) is 10.8. The quantitative estimate of drug-likeness (QED) is 0.512. The molecule has 0 saturated carbocycles. The fourth-order valence-electron chi connectivity index (χ4n) is 2.73. The lowest BCUT2D eigenvalue weighted by Gasteiger charge is -2.11. The molecule has 0 bridgehead atoms. The van der Waals surface area contributed by atoms with Crippen LogP contribution in [0.3, 0.4) is 0 Å². The molecule has 1 heterocycles. The van der Waals surface area contributed by atoms with Crippen LogP contribution in [0.4, 0.5) is 18.3 Å². The third-order valence-electron chi connectivity index (χ3n) is 4.19. The van der Waals surface area contributed by atoms with Crippen LogP contribution in [0.15, 0.2) is 47.8 Å². The largest absolute Gasteiger partial charge is 0.504 e. The molecular weight excluding hydrogens is 419 g/mol. The van der Waals surface area contributed by atoms with Gasteiger partial charge in [-0.2, -0.15) is 18.4 Å². The molecule has 6 nitrogen and oxygen atoms in total. The molecule has 0 spiro atoms. The van der Waals surface area contributed by atoms with Gasteiger partial charge in [-0.25, -0.2) is 4.98 Å². The standard InChI is InChI=1S/C20H14F3N3O3S/c21-20(22,23)14-4-2-1-3-13(14)15-10-30-19(25-15)26-18(29)12(9-24)7-11-5-6-16(27)17(28)8-11/h1-6,8,10,12,27-28H,7H2,(H,25,26,29). The number of carbonyl (C=O) groups is 1. The summed E-state index contributed by atoms with van der Waals surface area (Å²) in [6.07, 6.45) is -4.59. The van der Waals surface area contributed by atoms with Crippen LogP contribution in [0.5, 0.6) is 11.5 Å². The van der Waals surface area contributed by atoms with Gasteiger partial charge in [0.2, 0.25) is 5.91 Å². The first-order valence-electron chi connectivity index (χ1n) is 8.52. The number of carbonyl (C=O) groups excluding carboxylic acids is 1. The number of alkyl halides is 3. The SMILES string of the molecule is N#CC(Cc1ccc(O)c(O)c1)C(=O)Nc1nc(-c2ccccc2C(F)(F)F)cs1. The molecule has 0 saturated heterocycles. The number of rotatable bonds is 5. The third-order valence-corrected chi connectivity index (χ3v) is 4.95. The van der Waals surface area contributed by atoms with Crippen LogP contribution < -0.4 is 5.32 Å². The predicted octanol–water partition coefficient (Wildman–Crippen LogP) is 4.56. The van der Waals surface area contributed by atoms with E-state index in [-0.39, 0.29) is 34.3 Å². The molecule has 3 rings (SSSR count). The van der Waals surface area contributed by atoms with Crippen molar-refractivity contribution in [1.82, 2.24) is 4.98 Å². The second-order valence-electron chi connectivity index (χ2n) is 6.28. The number of nitrogens with one attached hydrogen (secondary N) is 1. The van der Waals surface area contributed by atoms with E-state index >= 15 is 0 Å². The number of nitriles is 1. The van der Waals surface area contributed by atoms with Gasteiger partial charge in [-0.05, 0) is 30.2 Å². The molecule has 10 heteroatoms. The van der Waals surface area contributed by atoms with Crippen molar-refractivity contribution in [3.8, 4) is 28.8 Å². The molecule has 2 aromatic carbocycles. The van der Waals surface area contributed by atoms with E-state index in [9.17, 15) is 33.4 Å². The number of nitrogens with zero attached hydrogens (tertiary/aromatic N) is 2. The molecule has 1 aromatic heterocycles. The Balaban J connectivity index is 1.76. The van der Waals surface area contributed by atoms with E-state index in [1.165, 1.54) is 41.8 Å². The van der Waals surface area contributed by atoms with Crippen LogP contribution >= 0.6 is 11.3 Å². The number of amides is 1. The zero-order valence-electron chi connectivity index (χ0n) is 15.1. The number of thiazole rings is 1. The van der Waals surface area contributed by atoms with Gasteiger partial charge in [0, 0.05) is 10.9 Å². The number of aromatic hydroxyl groups is 2. The molecule has 3 N–H and O–H groups in total. The number of hydrogen-bond acceptors (Lipinski definition) is 6. The Kier molecular flexibility index (Phi) is 5.94. The maximum Gasteiger partial charge on any atom is 0.417 e. The van der Waals surface area contributed by atoms with E-state index in [0.29, 0.717) is 5.56 Å². The molecule has 154 valence electrons. The Morgan fingerprint density at radius 2 is 1.93 bits per heavy atom. The molecule has 0 aliphatic carbocycles. The van der Waals surface area contributed by atoms with Crippen LogP contribution in [0, 0.1) is 17.2 Å². The molecule has 0 fully saturated rings. The smallest absolute Gasteiger partial charge is 0.417 e. The maximum atomic E-state index is 13.2. The van der Waals surface area contributed by atoms with E-state index in [1.807, 2.05) is 6.07 Å². The van der Waals surface area contributed by atoms with Gasteiger partial charge in [0.05, 0.1) is 17.3 Å². The molecule has 1 amide bonds. The Bertz CT molecular complexity index is 1120. The first-order valence-corrected chi connectivity index (χ1v) is 9.40. The summed E-state index contributed by atoms with van der Waals surface area (Å²) in [5.41, 5.74) is -0.445. The van der Waals surface area contributed by atoms with E-state index in [1.54, 1.807) is 0 Å². The predicted molar refractivity (Wildman–Crippen MR) is 104 cm³/mol. The fraction of sp³-hybridized carbons (Fsp3) is 0.150. The van der Waals surface area contributed by atoms with Crippen molar-refractivity contribution < 1.29 is 28.2 Å². The minimum atomic E-state index is -4.55. The van der Waals surface area contributed by atoms with Gasteiger partial charge < -0.3 is 15.5 Å². The Labute approximate surface area is 172 Å². The van der Waals surface area contributed by atoms with Gasteiger partial charge in [-0.1, -0.05) is 24.3 Å². The van der Waals surface area contributed by atoms with Crippen molar-refractivity contribution in [3.63, 3.8) is 0 Å². The highest BCUT2D eigenvalue weighted by atomic mass is 32.1. The summed E-state index contributed by atoms with van der Waals surface area (Å²) in [5.74, 6) is -2.53. The van der Waals surface area contributed by atoms with Crippen LogP contribution in [0.2, 0.25) is 0 Å². The van der Waals surface area contributed by atoms with Gasteiger partial charge in [0.1, 0.15) is 5.92 Å². The highest BCUT2D eigenvalue weighted by Crippen LogP contribution is 2.37. The van der Waals surface area contributed by atoms with Crippen LogP contribution in [-0.2, 0) is 17.4 Å². The average molecular weight is 433 g/mol. The lowest BCUT2D eigenvalue weighted by molar-refractivity contribution is -0.137. The van der Waals surface area contributed by atoms with Gasteiger partial charge in [0.25, 0.3) is 0 Å². The topological polar surface area (TPSA) is 106 Å². The lowest BCUT2D eigenvalue weighted by Crippen LogP contribution is -2.23. The number of halogens is 3. The molecule has 3 aromatic rings. The van der Waals surface area contributed by atoms with Crippen LogP contribution in [-0.4, -0.2) is 21.1 Å². The zero-order valence-corrected chi connectivity index (χ0v) is 16.0. The summed E-state index contributed by atoms with van der Waals surface area (Å²) in [5, 5.41) is 32.1. The number of hydrogen-bond donors (Lipinski definition) is 3. The number of phenols is 2. The van der Waals surface area contributed by atoms with Crippen molar-refractivity contribution in [1.29, 1.82) is 5.26 Å². The summed E-state index contributed by atoms with van der Waals surface area (Å²) in [7, 11) is 0. The minimum absolute atomic E-state index is 0.0364. The Morgan fingerprint density at radius 3 is 2.60 bits per heavy atom. The lowest BCUT2D eigenvalue weighted by atomic mass is 9.99. The van der Waals surface area contributed by atoms with E-state index in [0.717, 1.165) is 17.4 Å². The fourth-order valence-corrected chi connectivity index (χ4v) is 3.44. The highest BCUT2D eigenvalue weighted by Gasteiger charge is 2.34. The van der Waals surface area contributed by atoms with Gasteiger partial charge in [-0.15, -0.1) is 11.3 Å². The zero-order chi connectivity index (χ0) is 21.9. The molecule has 1 unspecified atom stereocenters. The normalized spacial score (nSPS) is 12.2. The minimum Gasteiger partial charge on any atom is -0.504 e. The van der Waals surface area contributed by atoms with Gasteiger partial charge >= 0.3 is 6.18 Å². The molecular formula is C20H14F3N3O3S. The molecule has 0 aliphatic heterocycles. The van der Waals surface area contributed by atoms with Crippen molar-refractivity contribution in [3.05, 3.63) is 59.0 Å². The summed E-state index contributed by atoms with van der Waals surface area (Å²) >= 11 is 0.938. The Hall–Kier alpha value is -3.58. The van der Waals surface area contributed by atoms with E-state index in [2.05, 4.69) is 10.3 Å². The third kappa shape index (κ3) is 4.69. The van der Waals surface area contributed by atoms with Crippen molar-refractivity contribution >= 4 is 22.4 Å². The number of phenolic OH excluding ortho intramolecular Hbond substituents is 2. The second kappa shape index (κ2) is 8.42. The number of benzene rings is 2. The van der Waals surface area contributed by atoms with E-state index < -0.39 is 23.6 Å². The summed E-state index contributed by atoms with van der Waals surface area (Å²) in [6.45, 7) is 0. The monoisotopic (exact) mass is 433 g/mol. The first kappa shape index (κ1) is 21.1. The van der Waals surface area contributed by atoms with Crippen LogP contribution in [0.25, 0.3) is 11.3 Å². The maximum absolute atomic E-state index is 13.2. The molecule has 0 aliphatic rings. The van der Waals surface area contributed by atoms with Crippen LogP contribution in [0.1, 0.15) is 11.1 Å². The van der Waals surface area contributed by atoms with Crippen molar-refractivity contribution in [2.75, 3.05) is 5.32 Å². The van der Waals surface area contributed by atoms with Crippen molar-refractivity contribution in [2.24, 2.45) is 5.92 Å². The van der Waals surface area contributed by atoms with Gasteiger partial charge in [0.15, 0.2) is 16.6 Å². The number of aromatic nitrogens is 1. The average Bonchev–Trinajstić information content (AvgIpc) is 3.16. The molecule has 1 atom stereocenters. The van der Waals surface area contributed by atoms with Gasteiger partial charge in [-0.3, -0.25) is 4.79 Å². The second-order valence-corrected chi connectivity index (χ2v) is 7.14. The molecule has 30 heavy (non-hydrogen) atoms.